The average molecular weight is 237 g/mol. The summed E-state index contributed by atoms with van der Waals surface area (Å²) in [5.74, 6) is -1.25. The molecule has 0 aromatic heterocycles. The van der Waals surface area contributed by atoms with Crippen LogP contribution in [-0.2, 0) is 4.74 Å². The van der Waals surface area contributed by atoms with E-state index in [0.29, 0.717) is 12.2 Å². The molecule has 0 bridgehead atoms. The standard InChI is InChI=1S/C12H15NO4/c1-8(7-17-2)13-11(14)9-3-5-10(6-4-9)12(15)16/h3-6,8H,7H2,1-2H3,(H,13,14)(H,15,16). The van der Waals surface area contributed by atoms with Crippen molar-refractivity contribution in [3.63, 3.8) is 0 Å². The molecule has 1 atom stereocenters. The van der Waals surface area contributed by atoms with E-state index in [-0.39, 0.29) is 17.5 Å². The summed E-state index contributed by atoms with van der Waals surface area (Å²) >= 11 is 0. The first kappa shape index (κ1) is 13.2. The summed E-state index contributed by atoms with van der Waals surface area (Å²) in [5.41, 5.74) is 0.587. The highest BCUT2D eigenvalue weighted by atomic mass is 16.5. The van der Waals surface area contributed by atoms with Crippen molar-refractivity contribution < 1.29 is 19.4 Å². The third-order valence-corrected chi connectivity index (χ3v) is 2.19. The van der Waals surface area contributed by atoms with E-state index in [1.165, 1.54) is 24.3 Å². The molecule has 0 radical (unpaired) electrons. The Hall–Kier alpha value is -1.88. The Kier molecular flexibility index (Phi) is 4.66. The van der Waals surface area contributed by atoms with Crippen molar-refractivity contribution in [3.05, 3.63) is 35.4 Å². The van der Waals surface area contributed by atoms with E-state index in [9.17, 15) is 9.59 Å². The van der Waals surface area contributed by atoms with Crippen LogP contribution in [0.25, 0.3) is 0 Å². The van der Waals surface area contributed by atoms with Crippen molar-refractivity contribution in [1.82, 2.24) is 5.32 Å². The Bertz CT molecular complexity index is 399. The Balaban J connectivity index is 2.66. The molecule has 1 aromatic rings. The van der Waals surface area contributed by atoms with Crippen LogP contribution in [0.2, 0.25) is 0 Å². The van der Waals surface area contributed by atoms with E-state index in [4.69, 9.17) is 9.84 Å². The molecule has 0 fully saturated rings. The number of carbonyl (C=O) groups is 2. The van der Waals surface area contributed by atoms with Crippen molar-refractivity contribution >= 4 is 11.9 Å². The molecule has 5 nitrogen and oxygen atoms in total. The Morgan fingerprint density at radius 3 is 2.29 bits per heavy atom. The highest BCUT2D eigenvalue weighted by Gasteiger charge is 2.10. The van der Waals surface area contributed by atoms with Crippen LogP contribution in [0.4, 0.5) is 0 Å². The van der Waals surface area contributed by atoms with Gasteiger partial charge in [0.25, 0.3) is 5.91 Å². The van der Waals surface area contributed by atoms with Gasteiger partial charge in [-0.15, -0.1) is 0 Å². The topological polar surface area (TPSA) is 75.6 Å². The molecule has 1 unspecified atom stereocenters. The van der Waals surface area contributed by atoms with Crippen molar-refractivity contribution in [2.75, 3.05) is 13.7 Å². The zero-order valence-electron chi connectivity index (χ0n) is 9.77. The average Bonchev–Trinajstić information content (AvgIpc) is 2.29. The van der Waals surface area contributed by atoms with Crippen LogP contribution in [0, 0.1) is 0 Å². The lowest BCUT2D eigenvalue weighted by Gasteiger charge is -2.12. The molecule has 1 amide bonds. The van der Waals surface area contributed by atoms with Gasteiger partial charge in [0.15, 0.2) is 0 Å². The lowest BCUT2D eigenvalue weighted by Crippen LogP contribution is -2.35. The van der Waals surface area contributed by atoms with Crippen molar-refractivity contribution in [3.8, 4) is 0 Å². The number of hydrogen-bond donors (Lipinski definition) is 2. The molecule has 0 heterocycles. The van der Waals surface area contributed by atoms with Crippen LogP contribution in [0.15, 0.2) is 24.3 Å². The van der Waals surface area contributed by atoms with Crippen LogP contribution in [0.1, 0.15) is 27.6 Å². The van der Waals surface area contributed by atoms with Crippen LogP contribution >= 0.6 is 0 Å². The predicted octanol–water partition coefficient (Wildman–Crippen LogP) is 1.15. The molecule has 1 rings (SSSR count). The van der Waals surface area contributed by atoms with Gasteiger partial charge in [-0.1, -0.05) is 0 Å². The van der Waals surface area contributed by atoms with Crippen molar-refractivity contribution in [1.29, 1.82) is 0 Å². The van der Waals surface area contributed by atoms with Gasteiger partial charge in [-0.05, 0) is 31.2 Å². The van der Waals surface area contributed by atoms with Crippen molar-refractivity contribution in [2.24, 2.45) is 0 Å². The lowest BCUT2D eigenvalue weighted by molar-refractivity contribution is 0.0696. The first-order valence-corrected chi connectivity index (χ1v) is 5.17. The maximum Gasteiger partial charge on any atom is 0.335 e. The van der Waals surface area contributed by atoms with E-state index in [0.717, 1.165) is 0 Å². The fraction of sp³-hybridized carbons (Fsp3) is 0.333. The van der Waals surface area contributed by atoms with Crippen LogP contribution < -0.4 is 5.32 Å². The van der Waals surface area contributed by atoms with Crippen LogP contribution in [0.3, 0.4) is 0 Å². The molecule has 0 saturated carbocycles. The van der Waals surface area contributed by atoms with Crippen LogP contribution in [-0.4, -0.2) is 36.7 Å². The molecule has 2 N–H and O–H groups in total. The van der Waals surface area contributed by atoms with Gasteiger partial charge in [-0.25, -0.2) is 4.79 Å². The molecule has 0 aliphatic heterocycles. The zero-order chi connectivity index (χ0) is 12.8. The van der Waals surface area contributed by atoms with Gasteiger partial charge in [0.2, 0.25) is 0 Å². The number of aromatic carboxylic acids is 1. The number of rotatable bonds is 5. The summed E-state index contributed by atoms with van der Waals surface area (Å²) in [5, 5.41) is 11.4. The monoisotopic (exact) mass is 237 g/mol. The SMILES string of the molecule is COCC(C)NC(=O)c1ccc(C(=O)O)cc1. The Labute approximate surface area is 99.4 Å². The number of benzene rings is 1. The number of methoxy groups -OCH3 is 1. The smallest absolute Gasteiger partial charge is 0.335 e. The van der Waals surface area contributed by atoms with Gasteiger partial charge < -0.3 is 15.2 Å². The normalized spacial score (nSPS) is 11.9. The van der Waals surface area contributed by atoms with E-state index in [1.54, 1.807) is 7.11 Å². The second kappa shape index (κ2) is 6.00. The van der Waals surface area contributed by atoms with Gasteiger partial charge >= 0.3 is 5.97 Å². The Morgan fingerprint density at radius 2 is 1.82 bits per heavy atom. The third-order valence-electron chi connectivity index (χ3n) is 2.19. The molecule has 5 heteroatoms. The van der Waals surface area contributed by atoms with E-state index < -0.39 is 5.97 Å². The van der Waals surface area contributed by atoms with E-state index >= 15 is 0 Å². The maximum atomic E-state index is 11.7. The van der Waals surface area contributed by atoms with Gasteiger partial charge in [-0.2, -0.15) is 0 Å². The summed E-state index contributed by atoms with van der Waals surface area (Å²) in [6.07, 6.45) is 0. The van der Waals surface area contributed by atoms with Crippen LogP contribution in [0.5, 0.6) is 0 Å². The fourth-order valence-electron chi connectivity index (χ4n) is 1.36. The van der Waals surface area contributed by atoms with E-state index in [2.05, 4.69) is 5.32 Å². The molecule has 0 spiro atoms. The number of carbonyl (C=O) groups excluding carboxylic acids is 1. The molecule has 0 aliphatic rings. The summed E-state index contributed by atoms with van der Waals surface area (Å²) in [6, 6.07) is 5.68. The largest absolute Gasteiger partial charge is 0.478 e. The summed E-state index contributed by atoms with van der Waals surface area (Å²) in [7, 11) is 1.56. The predicted molar refractivity (Wildman–Crippen MR) is 62.2 cm³/mol. The third kappa shape index (κ3) is 3.88. The molecule has 0 saturated heterocycles. The molecule has 0 aliphatic carbocycles. The second-order valence-electron chi connectivity index (χ2n) is 3.71. The first-order chi connectivity index (χ1) is 8.04. The minimum atomic E-state index is -1.01. The minimum absolute atomic E-state index is 0.0911. The number of carboxylic acid groups (broad SMARTS) is 1. The van der Waals surface area contributed by atoms with Gasteiger partial charge in [-0.3, -0.25) is 4.79 Å². The fourth-order valence-corrected chi connectivity index (χ4v) is 1.36. The summed E-state index contributed by atoms with van der Waals surface area (Å²) in [4.78, 5) is 22.3. The number of carboxylic acids is 1. The molecule has 1 aromatic carbocycles. The minimum Gasteiger partial charge on any atom is -0.478 e. The Morgan fingerprint density at radius 1 is 1.29 bits per heavy atom. The highest BCUT2D eigenvalue weighted by Crippen LogP contribution is 2.04. The van der Waals surface area contributed by atoms with Gasteiger partial charge in [0.1, 0.15) is 0 Å². The number of nitrogens with one attached hydrogen (secondary N) is 1. The van der Waals surface area contributed by atoms with E-state index in [1.807, 2.05) is 6.92 Å². The summed E-state index contributed by atoms with van der Waals surface area (Å²) < 4.78 is 4.90. The molecule has 17 heavy (non-hydrogen) atoms. The number of ether oxygens (including phenoxy) is 1. The van der Waals surface area contributed by atoms with Gasteiger partial charge in [0, 0.05) is 18.7 Å². The molecule has 92 valence electrons. The summed E-state index contributed by atoms with van der Waals surface area (Å²) in [6.45, 7) is 2.26. The van der Waals surface area contributed by atoms with Crippen molar-refractivity contribution in [2.45, 2.75) is 13.0 Å². The lowest BCUT2D eigenvalue weighted by atomic mass is 10.1. The zero-order valence-corrected chi connectivity index (χ0v) is 9.77. The molecular formula is C12H15NO4. The first-order valence-electron chi connectivity index (χ1n) is 5.17. The number of amides is 1. The number of hydrogen-bond acceptors (Lipinski definition) is 3. The quantitative estimate of drug-likeness (QED) is 0.805. The second-order valence-corrected chi connectivity index (χ2v) is 3.71. The maximum absolute atomic E-state index is 11.7. The highest BCUT2D eigenvalue weighted by molar-refractivity contribution is 5.96. The molecular weight excluding hydrogens is 222 g/mol. The van der Waals surface area contributed by atoms with Gasteiger partial charge in [0.05, 0.1) is 12.2 Å².